The Hall–Kier alpha value is -2.88. The first-order valence-electron chi connectivity index (χ1n) is 8.61. The van der Waals surface area contributed by atoms with Gasteiger partial charge in [-0.2, -0.15) is 5.10 Å². The van der Waals surface area contributed by atoms with Crippen molar-refractivity contribution in [2.75, 3.05) is 0 Å². The van der Waals surface area contributed by atoms with Gasteiger partial charge in [-0.3, -0.25) is 4.79 Å². The average Bonchev–Trinajstić information content (AvgIpc) is 3.16. The van der Waals surface area contributed by atoms with E-state index in [2.05, 4.69) is 34.7 Å². The van der Waals surface area contributed by atoms with Gasteiger partial charge in [0.05, 0.1) is 11.4 Å². The Balaban J connectivity index is 1.46. The second kappa shape index (κ2) is 6.20. The molecule has 1 aliphatic rings. The summed E-state index contributed by atoms with van der Waals surface area (Å²) in [6.45, 7) is 4.00. The molecule has 1 N–H and O–H groups in total. The molecule has 4 nitrogen and oxygen atoms in total. The number of carbonyl (C=O) groups is 1. The van der Waals surface area contributed by atoms with Crippen molar-refractivity contribution < 1.29 is 4.79 Å². The van der Waals surface area contributed by atoms with Gasteiger partial charge in [-0.25, -0.2) is 4.68 Å². The summed E-state index contributed by atoms with van der Waals surface area (Å²) in [6.07, 6.45) is 1.82. The Kier molecular flexibility index (Phi) is 3.88. The van der Waals surface area contributed by atoms with Gasteiger partial charge >= 0.3 is 0 Å². The summed E-state index contributed by atoms with van der Waals surface area (Å²) in [5, 5.41) is 7.63. The second-order valence-electron chi connectivity index (χ2n) is 6.73. The lowest BCUT2D eigenvalue weighted by molar-refractivity contribution is 0.0938. The molecule has 0 saturated carbocycles. The Morgan fingerprint density at radius 1 is 1.04 bits per heavy atom. The standard InChI is InChI=1S/C21H21N3O/c1-14-11-15(2)24(23-14)20-9-7-16(8-10-20)21(25)22-19-12-17-5-3-4-6-18(17)13-19/h3-11,19H,12-13H2,1-2H3,(H,22,25). The molecule has 25 heavy (non-hydrogen) atoms. The number of hydrogen-bond donors (Lipinski definition) is 1. The maximum atomic E-state index is 12.5. The molecule has 126 valence electrons. The molecule has 0 saturated heterocycles. The van der Waals surface area contributed by atoms with Crippen molar-refractivity contribution in [2.24, 2.45) is 0 Å². The van der Waals surface area contributed by atoms with E-state index in [9.17, 15) is 4.79 Å². The molecule has 1 aliphatic carbocycles. The van der Waals surface area contributed by atoms with Gasteiger partial charge in [-0.1, -0.05) is 24.3 Å². The third-order valence-electron chi connectivity index (χ3n) is 4.77. The third-order valence-corrected chi connectivity index (χ3v) is 4.77. The topological polar surface area (TPSA) is 46.9 Å². The van der Waals surface area contributed by atoms with E-state index < -0.39 is 0 Å². The Bertz CT molecular complexity index is 900. The summed E-state index contributed by atoms with van der Waals surface area (Å²) < 4.78 is 1.89. The number of rotatable bonds is 3. The number of nitrogens with one attached hydrogen (secondary N) is 1. The summed E-state index contributed by atoms with van der Waals surface area (Å²) in [7, 11) is 0. The molecule has 0 spiro atoms. The summed E-state index contributed by atoms with van der Waals surface area (Å²) >= 11 is 0. The van der Waals surface area contributed by atoms with Crippen LogP contribution in [0.5, 0.6) is 0 Å². The van der Waals surface area contributed by atoms with Gasteiger partial charge < -0.3 is 5.32 Å². The molecule has 4 rings (SSSR count). The minimum atomic E-state index is -0.0160. The Morgan fingerprint density at radius 2 is 1.68 bits per heavy atom. The SMILES string of the molecule is Cc1cc(C)n(-c2ccc(C(=O)NC3Cc4ccccc4C3)cc2)n1. The molecule has 1 heterocycles. The highest BCUT2D eigenvalue weighted by Gasteiger charge is 2.22. The number of hydrogen-bond acceptors (Lipinski definition) is 2. The highest BCUT2D eigenvalue weighted by molar-refractivity contribution is 5.94. The van der Waals surface area contributed by atoms with Crippen molar-refractivity contribution in [1.82, 2.24) is 15.1 Å². The second-order valence-corrected chi connectivity index (χ2v) is 6.73. The molecule has 1 aromatic heterocycles. The monoisotopic (exact) mass is 331 g/mol. The van der Waals surface area contributed by atoms with Gasteiger partial charge in [-0.15, -0.1) is 0 Å². The summed E-state index contributed by atoms with van der Waals surface area (Å²) in [6, 6.07) is 18.2. The molecule has 0 unspecified atom stereocenters. The number of carbonyl (C=O) groups excluding carboxylic acids is 1. The molecule has 0 atom stereocenters. The number of benzene rings is 2. The first kappa shape index (κ1) is 15.6. The zero-order valence-corrected chi connectivity index (χ0v) is 14.5. The maximum absolute atomic E-state index is 12.5. The number of aromatic nitrogens is 2. The van der Waals surface area contributed by atoms with Crippen LogP contribution in [-0.4, -0.2) is 21.7 Å². The molecule has 0 fully saturated rings. The number of amides is 1. The van der Waals surface area contributed by atoms with E-state index in [1.165, 1.54) is 11.1 Å². The van der Waals surface area contributed by atoms with Gasteiger partial charge in [0.25, 0.3) is 5.91 Å². The van der Waals surface area contributed by atoms with Crippen LogP contribution in [0.4, 0.5) is 0 Å². The van der Waals surface area contributed by atoms with Crippen molar-refractivity contribution in [3.05, 3.63) is 82.7 Å². The molecule has 0 radical (unpaired) electrons. The maximum Gasteiger partial charge on any atom is 0.251 e. The normalized spacial score (nSPS) is 13.7. The van der Waals surface area contributed by atoms with Crippen molar-refractivity contribution in [3.8, 4) is 5.69 Å². The van der Waals surface area contributed by atoms with Crippen LogP contribution in [0.15, 0.2) is 54.6 Å². The smallest absolute Gasteiger partial charge is 0.251 e. The molecule has 3 aromatic rings. The molecular weight excluding hydrogens is 310 g/mol. The largest absolute Gasteiger partial charge is 0.349 e. The van der Waals surface area contributed by atoms with Crippen molar-refractivity contribution >= 4 is 5.91 Å². The number of nitrogens with zero attached hydrogens (tertiary/aromatic N) is 2. The van der Waals surface area contributed by atoms with Gasteiger partial charge in [-0.05, 0) is 68.1 Å². The average molecular weight is 331 g/mol. The van der Waals surface area contributed by atoms with Gasteiger partial charge in [0.1, 0.15) is 0 Å². The quantitative estimate of drug-likeness (QED) is 0.800. The van der Waals surface area contributed by atoms with Crippen molar-refractivity contribution in [2.45, 2.75) is 32.7 Å². The minimum Gasteiger partial charge on any atom is -0.349 e. The van der Waals surface area contributed by atoms with Crippen LogP contribution < -0.4 is 5.32 Å². The fourth-order valence-electron chi connectivity index (χ4n) is 3.57. The zero-order valence-electron chi connectivity index (χ0n) is 14.5. The van der Waals surface area contributed by atoms with Crippen molar-refractivity contribution in [1.29, 1.82) is 0 Å². The fourth-order valence-corrected chi connectivity index (χ4v) is 3.57. The number of fused-ring (bicyclic) bond motifs is 1. The lowest BCUT2D eigenvalue weighted by Gasteiger charge is -2.12. The third kappa shape index (κ3) is 3.07. The van der Waals surface area contributed by atoms with Gasteiger partial charge in [0.15, 0.2) is 0 Å². The van der Waals surface area contributed by atoms with Gasteiger partial charge in [0, 0.05) is 17.3 Å². The zero-order chi connectivity index (χ0) is 17.4. The Labute approximate surface area is 147 Å². The molecule has 4 heteroatoms. The molecule has 2 aromatic carbocycles. The minimum absolute atomic E-state index is 0.0160. The molecule has 1 amide bonds. The van der Waals surface area contributed by atoms with Crippen LogP contribution in [0, 0.1) is 13.8 Å². The predicted molar refractivity (Wildman–Crippen MR) is 98.1 cm³/mol. The van der Waals surface area contributed by atoms with Crippen LogP contribution >= 0.6 is 0 Å². The first-order chi connectivity index (χ1) is 12.1. The van der Waals surface area contributed by atoms with Crippen LogP contribution in [0.25, 0.3) is 5.69 Å². The van der Waals surface area contributed by atoms with E-state index in [-0.39, 0.29) is 11.9 Å². The van der Waals surface area contributed by atoms with E-state index in [1.54, 1.807) is 0 Å². The first-order valence-corrected chi connectivity index (χ1v) is 8.61. The van der Waals surface area contributed by atoms with E-state index in [1.807, 2.05) is 48.9 Å². The highest BCUT2D eigenvalue weighted by Crippen LogP contribution is 2.22. The van der Waals surface area contributed by atoms with Gasteiger partial charge in [0.2, 0.25) is 0 Å². The lowest BCUT2D eigenvalue weighted by Crippen LogP contribution is -2.35. The molecule has 0 bridgehead atoms. The van der Waals surface area contributed by atoms with Crippen molar-refractivity contribution in [3.63, 3.8) is 0 Å². The lowest BCUT2D eigenvalue weighted by atomic mass is 10.1. The van der Waals surface area contributed by atoms with E-state index in [0.29, 0.717) is 5.56 Å². The molecular formula is C21H21N3O. The summed E-state index contributed by atoms with van der Waals surface area (Å²) in [4.78, 5) is 12.5. The fraction of sp³-hybridized carbons (Fsp3) is 0.238. The Morgan fingerprint density at radius 3 is 2.24 bits per heavy atom. The van der Waals surface area contributed by atoms with Crippen LogP contribution in [0.2, 0.25) is 0 Å². The van der Waals surface area contributed by atoms with Crippen LogP contribution in [-0.2, 0) is 12.8 Å². The summed E-state index contributed by atoms with van der Waals surface area (Å²) in [5.41, 5.74) is 6.40. The molecule has 0 aliphatic heterocycles. The highest BCUT2D eigenvalue weighted by atomic mass is 16.1. The van der Waals surface area contributed by atoms with E-state index >= 15 is 0 Å². The number of aryl methyl sites for hydroxylation is 2. The predicted octanol–water partition coefficient (Wildman–Crippen LogP) is 3.39. The summed E-state index contributed by atoms with van der Waals surface area (Å²) in [5.74, 6) is -0.0160. The van der Waals surface area contributed by atoms with E-state index in [0.717, 1.165) is 29.9 Å². The van der Waals surface area contributed by atoms with E-state index in [4.69, 9.17) is 0 Å². The van der Waals surface area contributed by atoms with Crippen LogP contribution in [0.3, 0.4) is 0 Å². The van der Waals surface area contributed by atoms with Crippen LogP contribution in [0.1, 0.15) is 32.9 Å².